The smallest absolute Gasteiger partial charge is 0.0411 e. The van der Waals surface area contributed by atoms with Crippen LogP contribution in [0.3, 0.4) is 0 Å². The van der Waals surface area contributed by atoms with Crippen molar-refractivity contribution in [3.63, 3.8) is 0 Å². The van der Waals surface area contributed by atoms with Gasteiger partial charge in [0.25, 0.3) is 0 Å². The molecule has 2 atom stereocenters. The summed E-state index contributed by atoms with van der Waals surface area (Å²) < 4.78 is 0. The van der Waals surface area contributed by atoms with E-state index in [2.05, 4.69) is 137 Å². The predicted octanol–water partition coefficient (Wildman–Crippen LogP) is 9.41. The molecular formula is C35H39N. The van der Waals surface area contributed by atoms with Gasteiger partial charge >= 0.3 is 0 Å². The maximum Gasteiger partial charge on any atom is 0.0411 e. The first kappa shape index (κ1) is 24.4. The summed E-state index contributed by atoms with van der Waals surface area (Å²) in [5, 5.41) is 0. The molecule has 0 aromatic heterocycles. The van der Waals surface area contributed by atoms with Crippen molar-refractivity contribution in [1.29, 1.82) is 0 Å². The van der Waals surface area contributed by atoms with E-state index in [0.29, 0.717) is 11.8 Å². The number of allylic oxidation sites excluding steroid dienone is 5. The van der Waals surface area contributed by atoms with Crippen LogP contribution in [0, 0.1) is 11.8 Å². The second-order valence-electron chi connectivity index (χ2n) is 10.9. The normalized spacial score (nSPS) is 18.9. The van der Waals surface area contributed by atoms with Gasteiger partial charge in [-0.25, -0.2) is 0 Å². The summed E-state index contributed by atoms with van der Waals surface area (Å²) in [4.78, 5) is 2.39. The minimum atomic E-state index is 0.00947. The van der Waals surface area contributed by atoms with Gasteiger partial charge in [-0.15, -0.1) is 0 Å². The van der Waals surface area contributed by atoms with E-state index < -0.39 is 0 Å². The average Bonchev–Trinajstić information content (AvgIpc) is 3.15. The number of benzene rings is 3. The van der Waals surface area contributed by atoms with E-state index in [1.165, 1.54) is 44.8 Å². The van der Waals surface area contributed by atoms with E-state index in [1.54, 1.807) is 0 Å². The number of likely N-dealkylation sites (N-methyl/N-ethyl adjacent to an activating group) is 1. The second kappa shape index (κ2) is 9.97. The SMILES string of the molecule is CCC=CC(CC)C1C=C(N(C)c2ccc3c(c2)C(C)(C)c2ccccc2-3)C=C(c2ccccc2)C1. The molecule has 2 aliphatic rings. The minimum absolute atomic E-state index is 0.00947. The van der Waals surface area contributed by atoms with Crippen LogP contribution in [-0.2, 0) is 5.41 Å². The topological polar surface area (TPSA) is 3.24 Å². The van der Waals surface area contributed by atoms with Crippen LogP contribution < -0.4 is 4.90 Å². The van der Waals surface area contributed by atoms with Crippen LogP contribution >= 0.6 is 0 Å². The molecule has 0 saturated heterocycles. The molecular weight excluding hydrogens is 434 g/mol. The van der Waals surface area contributed by atoms with Gasteiger partial charge in [0.1, 0.15) is 0 Å². The lowest BCUT2D eigenvalue weighted by Gasteiger charge is -2.32. The molecule has 0 spiro atoms. The molecule has 1 nitrogen and oxygen atoms in total. The molecule has 1 heteroatoms. The highest BCUT2D eigenvalue weighted by molar-refractivity contribution is 5.83. The molecule has 184 valence electrons. The summed E-state index contributed by atoms with van der Waals surface area (Å²) in [5.74, 6) is 1.04. The lowest BCUT2D eigenvalue weighted by molar-refractivity contribution is 0.464. The molecule has 3 aromatic rings. The van der Waals surface area contributed by atoms with E-state index in [9.17, 15) is 0 Å². The number of rotatable bonds is 7. The van der Waals surface area contributed by atoms with Gasteiger partial charge in [0.2, 0.25) is 0 Å². The van der Waals surface area contributed by atoms with Crippen molar-refractivity contribution in [1.82, 2.24) is 0 Å². The van der Waals surface area contributed by atoms with Crippen LogP contribution in [0.15, 0.2) is 103 Å². The largest absolute Gasteiger partial charge is 0.345 e. The summed E-state index contributed by atoms with van der Waals surface area (Å²) in [6.45, 7) is 9.26. The van der Waals surface area contributed by atoms with E-state index in [0.717, 1.165) is 19.3 Å². The van der Waals surface area contributed by atoms with Crippen molar-refractivity contribution < 1.29 is 0 Å². The third kappa shape index (κ3) is 4.37. The molecule has 2 aliphatic carbocycles. The van der Waals surface area contributed by atoms with Crippen molar-refractivity contribution in [2.45, 2.75) is 52.4 Å². The van der Waals surface area contributed by atoms with E-state index in [1.807, 2.05) is 0 Å². The fraction of sp³-hybridized carbons (Fsp3) is 0.314. The van der Waals surface area contributed by atoms with Gasteiger partial charge in [-0.2, -0.15) is 0 Å². The van der Waals surface area contributed by atoms with Crippen molar-refractivity contribution >= 4 is 11.3 Å². The van der Waals surface area contributed by atoms with Gasteiger partial charge in [-0.3, -0.25) is 0 Å². The molecule has 0 heterocycles. The van der Waals surface area contributed by atoms with Gasteiger partial charge in [-0.05, 0) is 82.7 Å². The highest BCUT2D eigenvalue weighted by Gasteiger charge is 2.35. The fourth-order valence-electron chi connectivity index (χ4n) is 6.10. The first-order valence-electron chi connectivity index (χ1n) is 13.6. The highest BCUT2D eigenvalue weighted by atomic mass is 15.1. The quantitative estimate of drug-likeness (QED) is 0.309. The zero-order valence-corrected chi connectivity index (χ0v) is 22.5. The summed E-state index contributed by atoms with van der Waals surface area (Å²) >= 11 is 0. The van der Waals surface area contributed by atoms with Crippen molar-refractivity contribution in [2.24, 2.45) is 11.8 Å². The first-order chi connectivity index (χ1) is 17.4. The fourth-order valence-corrected chi connectivity index (χ4v) is 6.10. The van der Waals surface area contributed by atoms with Crippen LogP contribution in [0.25, 0.3) is 16.7 Å². The van der Waals surface area contributed by atoms with Gasteiger partial charge in [0.05, 0.1) is 0 Å². The summed E-state index contributed by atoms with van der Waals surface area (Å²) in [6.07, 6.45) is 13.0. The zero-order chi connectivity index (χ0) is 25.3. The van der Waals surface area contributed by atoms with E-state index in [4.69, 9.17) is 0 Å². The third-order valence-electron chi connectivity index (χ3n) is 8.29. The molecule has 0 radical (unpaired) electrons. The minimum Gasteiger partial charge on any atom is -0.345 e. The standard InChI is InChI=1S/C35H39N/c1-6-8-14-25(7-2)27-21-28(26-15-10-9-11-16-26)23-30(22-27)36(5)29-19-20-32-31-17-12-13-18-33(31)35(3,4)34(32)24-29/h8-20,22-25,27H,6-7,21H2,1-5H3. The average molecular weight is 474 g/mol. The Labute approximate surface area is 217 Å². The van der Waals surface area contributed by atoms with Crippen molar-refractivity contribution in [3.05, 3.63) is 119 Å². The van der Waals surface area contributed by atoms with Crippen molar-refractivity contribution in [3.8, 4) is 11.1 Å². The number of anilines is 1. The lowest BCUT2D eigenvalue weighted by atomic mass is 9.79. The van der Waals surface area contributed by atoms with E-state index in [-0.39, 0.29) is 5.41 Å². The molecule has 3 aromatic carbocycles. The molecule has 0 fully saturated rings. The Morgan fingerprint density at radius 1 is 0.917 bits per heavy atom. The van der Waals surface area contributed by atoms with Gasteiger partial charge in [0, 0.05) is 23.8 Å². The summed E-state index contributed by atoms with van der Waals surface area (Å²) in [7, 11) is 2.23. The molecule has 5 rings (SSSR count). The third-order valence-corrected chi connectivity index (χ3v) is 8.29. The molecule has 36 heavy (non-hydrogen) atoms. The number of hydrogen-bond acceptors (Lipinski definition) is 1. The van der Waals surface area contributed by atoms with E-state index >= 15 is 0 Å². The Kier molecular flexibility index (Phi) is 6.75. The van der Waals surface area contributed by atoms with Gasteiger partial charge in [0.15, 0.2) is 0 Å². The van der Waals surface area contributed by atoms with Gasteiger partial charge in [-0.1, -0.05) is 107 Å². The molecule has 0 saturated carbocycles. The molecule has 0 amide bonds. The Balaban J connectivity index is 1.54. The molecule has 0 N–H and O–H groups in total. The number of nitrogens with zero attached hydrogens (tertiary/aromatic N) is 1. The Morgan fingerprint density at radius 2 is 1.64 bits per heavy atom. The Bertz CT molecular complexity index is 1320. The predicted molar refractivity (Wildman–Crippen MR) is 156 cm³/mol. The number of hydrogen-bond donors (Lipinski definition) is 0. The first-order valence-corrected chi connectivity index (χ1v) is 13.6. The Morgan fingerprint density at radius 3 is 2.39 bits per heavy atom. The van der Waals surface area contributed by atoms with Crippen LogP contribution in [0.4, 0.5) is 5.69 Å². The van der Waals surface area contributed by atoms with Crippen LogP contribution in [0.1, 0.15) is 63.6 Å². The van der Waals surface area contributed by atoms with Crippen molar-refractivity contribution in [2.75, 3.05) is 11.9 Å². The van der Waals surface area contributed by atoms with Crippen LogP contribution in [0.2, 0.25) is 0 Å². The van der Waals surface area contributed by atoms with Crippen LogP contribution in [-0.4, -0.2) is 7.05 Å². The molecule has 0 aliphatic heterocycles. The Hall–Kier alpha value is -3.32. The second-order valence-corrected chi connectivity index (χ2v) is 10.9. The molecule has 0 bridgehead atoms. The monoisotopic (exact) mass is 473 g/mol. The van der Waals surface area contributed by atoms with Gasteiger partial charge < -0.3 is 4.90 Å². The maximum atomic E-state index is 2.52. The highest BCUT2D eigenvalue weighted by Crippen LogP contribution is 2.49. The zero-order valence-electron chi connectivity index (χ0n) is 22.5. The molecule has 2 unspecified atom stereocenters. The summed E-state index contributed by atoms with van der Waals surface area (Å²) in [6, 6.07) is 26.9. The summed E-state index contributed by atoms with van der Waals surface area (Å²) in [5.41, 5.74) is 10.9. The number of fused-ring (bicyclic) bond motifs is 3. The lowest BCUT2D eigenvalue weighted by Crippen LogP contribution is -2.22. The van der Waals surface area contributed by atoms with Crippen LogP contribution in [0.5, 0.6) is 0 Å². The maximum absolute atomic E-state index is 2.52.